The quantitative estimate of drug-likeness (QED) is 0.887. The monoisotopic (exact) mass is 290 g/mol. The fraction of sp³-hybridized carbons (Fsp3) is 0.417. The molecule has 1 aromatic rings. The van der Waals surface area contributed by atoms with Crippen LogP contribution in [0.25, 0.3) is 0 Å². The Morgan fingerprint density at radius 3 is 2.33 bits per heavy atom. The van der Waals surface area contributed by atoms with Crippen LogP contribution in [0, 0.1) is 5.92 Å². The van der Waals surface area contributed by atoms with E-state index < -0.39 is 0 Å². The summed E-state index contributed by atoms with van der Waals surface area (Å²) >= 11 is 11.9. The summed E-state index contributed by atoms with van der Waals surface area (Å²) in [6.07, 6.45) is 0. The highest BCUT2D eigenvalue weighted by molar-refractivity contribution is 6.37. The van der Waals surface area contributed by atoms with Crippen molar-refractivity contribution in [1.82, 2.24) is 5.32 Å². The number of hydrogen-bond acceptors (Lipinski definition) is 2. The van der Waals surface area contributed by atoms with Crippen molar-refractivity contribution in [3.8, 4) is 5.75 Å². The summed E-state index contributed by atoms with van der Waals surface area (Å²) in [7, 11) is 1.48. The molecule has 0 saturated carbocycles. The van der Waals surface area contributed by atoms with E-state index in [-0.39, 0.29) is 6.03 Å². The van der Waals surface area contributed by atoms with Crippen molar-refractivity contribution in [1.29, 1.82) is 0 Å². The zero-order chi connectivity index (χ0) is 13.7. The smallest absolute Gasteiger partial charge is 0.319 e. The Bertz CT molecular complexity index is 413. The van der Waals surface area contributed by atoms with Gasteiger partial charge < -0.3 is 15.4 Å². The third kappa shape index (κ3) is 4.27. The van der Waals surface area contributed by atoms with Crippen molar-refractivity contribution in [2.24, 2.45) is 5.92 Å². The van der Waals surface area contributed by atoms with Gasteiger partial charge in [-0.1, -0.05) is 37.0 Å². The average molecular weight is 291 g/mol. The molecule has 0 aliphatic heterocycles. The summed E-state index contributed by atoms with van der Waals surface area (Å²) in [4.78, 5) is 11.6. The van der Waals surface area contributed by atoms with Gasteiger partial charge in [0.05, 0.1) is 17.2 Å². The van der Waals surface area contributed by atoms with E-state index in [1.165, 1.54) is 7.11 Å². The normalized spacial score (nSPS) is 10.3. The van der Waals surface area contributed by atoms with Gasteiger partial charge in [0, 0.05) is 12.2 Å². The fourth-order valence-electron chi connectivity index (χ4n) is 1.30. The van der Waals surface area contributed by atoms with Crippen LogP contribution in [-0.2, 0) is 0 Å². The molecule has 4 nitrogen and oxygen atoms in total. The van der Waals surface area contributed by atoms with Gasteiger partial charge in [-0.3, -0.25) is 0 Å². The Balaban J connectivity index is 2.71. The van der Waals surface area contributed by atoms with Gasteiger partial charge in [-0.05, 0) is 18.1 Å². The number of urea groups is 1. The molecule has 0 aliphatic rings. The number of benzene rings is 1. The second-order valence-corrected chi connectivity index (χ2v) is 5.02. The van der Waals surface area contributed by atoms with Crippen LogP contribution in [0.2, 0.25) is 10.0 Å². The van der Waals surface area contributed by atoms with Crippen LogP contribution in [0.5, 0.6) is 5.75 Å². The predicted octanol–water partition coefficient (Wildman–Crippen LogP) is 3.78. The zero-order valence-electron chi connectivity index (χ0n) is 10.5. The Kier molecular flexibility index (Phi) is 5.56. The first kappa shape index (κ1) is 14.9. The number of halogens is 2. The molecule has 0 aliphatic carbocycles. The Morgan fingerprint density at radius 1 is 1.33 bits per heavy atom. The first-order chi connectivity index (χ1) is 8.43. The number of hydrogen-bond donors (Lipinski definition) is 2. The maximum absolute atomic E-state index is 11.6. The summed E-state index contributed by atoms with van der Waals surface area (Å²) in [5.74, 6) is 0.783. The van der Waals surface area contributed by atoms with E-state index in [0.29, 0.717) is 33.9 Å². The van der Waals surface area contributed by atoms with Crippen molar-refractivity contribution in [2.75, 3.05) is 19.0 Å². The molecule has 0 spiro atoms. The Labute approximate surface area is 117 Å². The minimum atomic E-state index is -0.291. The molecular formula is C12H16Cl2N2O2. The highest BCUT2D eigenvalue weighted by Crippen LogP contribution is 2.35. The van der Waals surface area contributed by atoms with Crippen LogP contribution in [-0.4, -0.2) is 19.7 Å². The summed E-state index contributed by atoms with van der Waals surface area (Å²) in [6, 6.07) is 2.88. The van der Waals surface area contributed by atoms with Crippen molar-refractivity contribution in [3.63, 3.8) is 0 Å². The zero-order valence-corrected chi connectivity index (χ0v) is 12.0. The largest absolute Gasteiger partial charge is 0.494 e. The van der Waals surface area contributed by atoms with Gasteiger partial charge >= 0.3 is 6.03 Å². The molecule has 18 heavy (non-hydrogen) atoms. The van der Waals surface area contributed by atoms with Gasteiger partial charge in [0.15, 0.2) is 5.75 Å². The molecule has 1 rings (SSSR count). The molecule has 1 aromatic carbocycles. The van der Waals surface area contributed by atoms with Gasteiger partial charge in [-0.2, -0.15) is 0 Å². The lowest BCUT2D eigenvalue weighted by atomic mass is 10.2. The second kappa shape index (κ2) is 6.71. The standard InChI is InChI=1S/C12H16Cl2N2O2/c1-7(2)6-15-12(17)16-8-4-9(13)11(18-3)10(14)5-8/h4-5,7H,6H2,1-3H3,(H2,15,16,17). The molecule has 0 atom stereocenters. The Hall–Kier alpha value is -1.13. The molecule has 0 bridgehead atoms. The van der Waals surface area contributed by atoms with Crippen LogP contribution in [0.3, 0.4) is 0 Å². The van der Waals surface area contributed by atoms with E-state index in [1.807, 2.05) is 13.8 Å². The van der Waals surface area contributed by atoms with Crippen molar-refractivity contribution in [2.45, 2.75) is 13.8 Å². The third-order valence-corrected chi connectivity index (χ3v) is 2.69. The van der Waals surface area contributed by atoms with Gasteiger partial charge in [-0.15, -0.1) is 0 Å². The van der Waals surface area contributed by atoms with Crippen LogP contribution in [0.4, 0.5) is 10.5 Å². The summed E-state index contributed by atoms with van der Waals surface area (Å²) in [5.41, 5.74) is 0.520. The Morgan fingerprint density at radius 2 is 1.89 bits per heavy atom. The van der Waals surface area contributed by atoms with Crippen molar-refractivity contribution >= 4 is 34.9 Å². The van der Waals surface area contributed by atoms with Crippen molar-refractivity contribution < 1.29 is 9.53 Å². The summed E-state index contributed by atoms with van der Waals surface area (Å²) in [6.45, 7) is 4.63. The van der Waals surface area contributed by atoms with E-state index >= 15 is 0 Å². The number of ether oxygens (including phenoxy) is 1. The van der Waals surface area contributed by atoms with Crippen LogP contribution in [0.1, 0.15) is 13.8 Å². The molecule has 0 radical (unpaired) electrons. The second-order valence-electron chi connectivity index (χ2n) is 4.20. The van der Waals surface area contributed by atoms with Crippen molar-refractivity contribution in [3.05, 3.63) is 22.2 Å². The molecule has 0 saturated heterocycles. The van der Waals surface area contributed by atoms with Crippen LogP contribution in [0.15, 0.2) is 12.1 Å². The SMILES string of the molecule is COc1c(Cl)cc(NC(=O)NCC(C)C)cc1Cl. The van der Waals surface area contributed by atoms with E-state index in [9.17, 15) is 4.79 Å². The van der Waals surface area contributed by atoms with E-state index in [1.54, 1.807) is 12.1 Å². The number of carbonyl (C=O) groups excluding carboxylic acids is 1. The lowest BCUT2D eigenvalue weighted by Crippen LogP contribution is -2.31. The first-order valence-electron chi connectivity index (χ1n) is 5.52. The minimum Gasteiger partial charge on any atom is -0.494 e. The highest BCUT2D eigenvalue weighted by atomic mass is 35.5. The molecule has 2 amide bonds. The average Bonchev–Trinajstić information content (AvgIpc) is 2.26. The number of amides is 2. The summed E-state index contributed by atoms with van der Waals surface area (Å²) in [5, 5.41) is 6.09. The van der Waals surface area contributed by atoms with Gasteiger partial charge in [0.25, 0.3) is 0 Å². The lowest BCUT2D eigenvalue weighted by Gasteiger charge is -2.11. The first-order valence-corrected chi connectivity index (χ1v) is 6.27. The molecule has 100 valence electrons. The maximum Gasteiger partial charge on any atom is 0.319 e. The summed E-state index contributed by atoms with van der Waals surface area (Å²) < 4.78 is 5.02. The molecule has 2 N–H and O–H groups in total. The number of carbonyl (C=O) groups is 1. The topological polar surface area (TPSA) is 50.4 Å². The molecule has 0 unspecified atom stereocenters. The maximum atomic E-state index is 11.6. The number of anilines is 1. The van der Waals surface area contributed by atoms with E-state index in [4.69, 9.17) is 27.9 Å². The molecule has 0 fully saturated rings. The van der Waals surface area contributed by atoms with Gasteiger partial charge in [-0.25, -0.2) is 4.79 Å². The number of methoxy groups -OCH3 is 1. The molecular weight excluding hydrogens is 275 g/mol. The fourth-order valence-corrected chi connectivity index (χ4v) is 1.94. The lowest BCUT2D eigenvalue weighted by molar-refractivity contribution is 0.251. The highest BCUT2D eigenvalue weighted by Gasteiger charge is 2.10. The molecule has 0 heterocycles. The molecule has 0 aromatic heterocycles. The van der Waals surface area contributed by atoms with E-state index in [2.05, 4.69) is 10.6 Å². The van der Waals surface area contributed by atoms with Crippen LogP contribution < -0.4 is 15.4 Å². The van der Waals surface area contributed by atoms with Crippen LogP contribution >= 0.6 is 23.2 Å². The number of rotatable bonds is 4. The molecule has 6 heteroatoms. The number of nitrogens with one attached hydrogen (secondary N) is 2. The van der Waals surface area contributed by atoms with Gasteiger partial charge in [0.1, 0.15) is 0 Å². The van der Waals surface area contributed by atoms with E-state index in [0.717, 1.165) is 0 Å². The van der Waals surface area contributed by atoms with Gasteiger partial charge in [0.2, 0.25) is 0 Å². The minimum absolute atomic E-state index is 0.291. The third-order valence-electron chi connectivity index (χ3n) is 2.13. The predicted molar refractivity (Wildman–Crippen MR) is 74.9 cm³/mol.